The highest BCUT2D eigenvalue weighted by Gasteiger charge is 2.56. The van der Waals surface area contributed by atoms with Crippen LogP contribution in [-0.4, -0.2) is 16.8 Å². The Labute approximate surface area is 71.1 Å². The van der Waals surface area contributed by atoms with Gasteiger partial charge in [-0.2, -0.15) is 5.10 Å². The van der Waals surface area contributed by atoms with E-state index in [-0.39, 0.29) is 0 Å². The third-order valence-corrected chi connectivity index (χ3v) is 3.17. The summed E-state index contributed by atoms with van der Waals surface area (Å²) >= 11 is 0. The van der Waals surface area contributed by atoms with Crippen LogP contribution in [-0.2, 0) is 0 Å². The van der Waals surface area contributed by atoms with Crippen LogP contribution in [0.15, 0.2) is 12.3 Å². The molecule has 1 aromatic rings. The summed E-state index contributed by atoms with van der Waals surface area (Å²) in [5.41, 5.74) is 0.565. The Kier molecular flexibility index (Phi) is 1.10. The van der Waals surface area contributed by atoms with Gasteiger partial charge in [-0.1, -0.05) is 0 Å². The van der Waals surface area contributed by atoms with Gasteiger partial charge < -0.3 is 4.74 Å². The summed E-state index contributed by atoms with van der Waals surface area (Å²) in [5, 5.41) is 6.63. The van der Waals surface area contributed by atoms with Crippen molar-refractivity contribution in [2.24, 2.45) is 11.3 Å². The van der Waals surface area contributed by atoms with Gasteiger partial charge in [0.25, 0.3) is 0 Å². The van der Waals surface area contributed by atoms with E-state index < -0.39 is 0 Å². The van der Waals surface area contributed by atoms with Crippen molar-refractivity contribution in [3.63, 3.8) is 0 Å². The predicted molar refractivity (Wildman–Crippen MR) is 43.9 cm³/mol. The molecule has 3 aliphatic rings. The van der Waals surface area contributed by atoms with Crippen LogP contribution in [0.3, 0.4) is 0 Å². The minimum absolute atomic E-state index is 0.565. The smallest absolute Gasteiger partial charge is 0.209 e. The maximum Gasteiger partial charge on any atom is 0.209 e. The van der Waals surface area contributed by atoms with Crippen LogP contribution >= 0.6 is 0 Å². The molecule has 0 aromatic carbocycles. The Bertz CT molecular complexity index is 264. The van der Waals surface area contributed by atoms with Crippen molar-refractivity contribution in [3.05, 3.63) is 12.3 Å². The molecule has 0 radical (unpaired) electrons. The number of ether oxygens (including phenoxy) is 1. The highest BCUT2D eigenvalue weighted by atomic mass is 16.5. The normalized spacial score (nSPS) is 36.8. The first-order valence-corrected chi connectivity index (χ1v) is 4.49. The molecule has 3 nitrogen and oxygen atoms in total. The molecule has 0 atom stereocenters. The Morgan fingerprint density at radius 3 is 2.92 bits per heavy atom. The van der Waals surface area contributed by atoms with Gasteiger partial charge in [-0.3, -0.25) is 0 Å². The molecule has 1 aromatic heterocycles. The number of nitrogens with zero attached hydrogens (tertiary/aromatic N) is 1. The first kappa shape index (κ1) is 6.52. The topological polar surface area (TPSA) is 37.9 Å². The largest absolute Gasteiger partial charge is 0.477 e. The monoisotopic (exact) mass is 164 g/mol. The Hall–Kier alpha value is -0.990. The van der Waals surface area contributed by atoms with Crippen molar-refractivity contribution in [2.45, 2.75) is 19.3 Å². The molecule has 4 rings (SSSR count). The van der Waals surface area contributed by atoms with Gasteiger partial charge in [0.2, 0.25) is 5.88 Å². The van der Waals surface area contributed by atoms with E-state index in [9.17, 15) is 0 Å². The second kappa shape index (κ2) is 2.03. The minimum Gasteiger partial charge on any atom is -0.477 e. The van der Waals surface area contributed by atoms with E-state index in [1.165, 1.54) is 19.3 Å². The lowest BCUT2D eigenvalue weighted by Crippen LogP contribution is -2.55. The van der Waals surface area contributed by atoms with Crippen molar-refractivity contribution in [1.29, 1.82) is 0 Å². The average molecular weight is 164 g/mol. The van der Waals surface area contributed by atoms with E-state index >= 15 is 0 Å². The van der Waals surface area contributed by atoms with Gasteiger partial charge >= 0.3 is 0 Å². The molecular weight excluding hydrogens is 152 g/mol. The van der Waals surface area contributed by atoms with E-state index in [0.717, 1.165) is 18.4 Å². The maximum absolute atomic E-state index is 5.57. The summed E-state index contributed by atoms with van der Waals surface area (Å²) in [5.74, 6) is 1.84. The van der Waals surface area contributed by atoms with Gasteiger partial charge in [0.15, 0.2) is 0 Å². The van der Waals surface area contributed by atoms with Crippen LogP contribution in [0.1, 0.15) is 19.3 Å². The number of rotatable bonds is 3. The van der Waals surface area contributed by atoms with E-state index in [0.29, 0.717) is 5.41 Å². The Morgan fingerprint density at radius 2 is 2.42 bits per heavy atom. The number of aromatic nitrogens is 2. The quantitative estimate of drug-likeness (QED) is 0.736. The number of hydrogen-bond acceptors (Lipinski definition) is 2. The van der Waals surface area contributed by atoms with Crippen LogP contribution in [0.4, 0.5) is 0 Å². The fraction of sp³-hybridized carbons (Fsp3) is 0.667. The van der Waals surface area contributed by atoms with Crippen molar-refractivity contribution in [3.8, 4) is 5.88 Å². The van der Waals surface area contributed by atoms with Crippen molar-refractivity contribution >= 4 is 0 Å². The first-order valence-electron chi connectivity index (χ1n) is 4.49. The molecule has 3 heteroatoms. The summed E-state index contributed by atoms with van der Waals surface area (Å²) in [4.78, 5) is 0. The zero-order valence-corrected chi connectivity index (χ0v) is 6.92. The summed E-state index contributed by atoms with van der Waals surface area (Å²) in [7, 11) is 0. The highest BCUT2D eigenvalue weighted by Crippen LogP contribution is 2.64. The molecule has 0 amide bonds. The highest BCUT2D eigenvalue weighted by molar-refractivity contribution is 5.10. The second-order valence-corrected chi connectivity index (χ2v) is 4.19. The van der Waals surface area contributed by atoms with Gasteiger partial charge in [0.05, 0.1) is 12.8 Å². The zero-order valence-electron chi connectivity index (χ0n) is 6.92. The number of aromatic amines is 1. The molecule has 2 bridgehead atoms. The van der Waals surface area contributed by atoms with Crippen molar-refractivity contribution in [1.82, 2.24) is 10.2 Å². The molecule has 3 saturated carbocycles. The van der Waals surface area contributed by atoms with Gasteiger partial charge in [0, 0.05) is 11.5 Å². The third kappa shape index (κ3) is 0.792. The van der Waals surface area contributed by atoms with Crippen LogP contribution in [0.2, 0.25) is 0 Å². The number of H-pyrrole nitrogens is 1. The SMILES string of the molecule is c1cc(OCC23CC(C2)C3)[nH]n1. The van der Waals surface area contributed by atoms with Gasteiger partial charge in [-0.25, -0.2) is 5.10 Å². The fourth-order valence-corrected chi connectivity index (χ4v) is 2.39. The average Bonchev–Trinajstić information content (AvgIpc) is 2.32. The molecule has 0 spiro atoms. The molecule has 64 valence electrons. The second-order valence-electron chi connectivity index (χ2n) is 4.19. The third-order valence-electron chi connectivity index (χ3n) is 3.17. The van der Waals surface area contributed by atoms with Gasteiger partial charge in [-0.05, 0) is 25.2 Å². The Morgan fingerprint density at radius 1 is 1.58 bits per heavy atom. The van der Waals surface area contributed by atoms with Crippen LogP contribution < -0.4 is 4.74 Å². The van der Waals surface area contributed by atoms with E-state index in [1.54, 1.807) is 6.20 Å². The molecule has 3 aliphatic carbocycles. The first-order chi connectivity index (χ1) is 5.86. The predicted octanol–water partition coefficient (Wildman–Crippen LogP) is 1.59. The molecule has 0 unspecified atom stereocenters. The van der Waals surface area contributed by atoms with E-state index in [4.69, 9.17) is 4.74 Å². The fourth-order valence-electron chi connectivity index (χ4n) is 2.39. The molecule has 0 saturated heterocycles. The summed E-state index contributed by atoms with van der Waals surface area (Å²) in [6.07, 6.45) is 5.89. The zero-order chi connectivity index (χ0) is 8.02. The number of nitrogens with one attached hydrogen (secondary N) is 1. The standard InChI is InChI=1S/C9H12N2O/c1-2-10-11-8(1)12-6-9-3-7(4-9)5-9/h1-2,7H,3-6H2,(H,10,11). The molecule has 1 N–H and O–H groups in total. The lowest BCUT2D eigenvalue weighted by atomic mass is 9.45. The molecule has 0 aliphatic heterocycles. The van der Waals surface area contributed by atoms with Gasteiger partial charge in [0.1, 0.15) is 0 Å². The lowest BCUT2D eigenvalue weighted by molar-refractivity contribution is -0.132. The summed E-state index contributed by atoms with van der Waals surface area (Å²) in [6, 6.07) is 1.87. The van der Waals surface area contributed by atoms with Crippen LogP contribution in [0, 0.1) is 11.3 Å². The van der Waals surface area contributed by atoms with Crippen LogP contribution in [0.5, 0.6) is 5.88 Å². The lowest BCUT2D eigenvalue weighted by Gasteiger charge is -2.61. The van der Waals surface area contributed by atoms with E-state index in [2.05, 4.69) is 10.2 Å². The summed E-state index contributed by atoms with van der Waals surface area (Å²) < 4.78 is 5.57. The minimum atomic E-state index is 0.565. The molecular formula is C9H12N2O. The van der Waals surface area contributed by atoms with Crippen LogP contribution in [0.25, 0.3) is 0 Å². The van der Waals surface area contributed by atoms with E-state index in [1.807, 2.05) is 6.07 Å². The Balaban J connectivity index is 1.57. The molecule has 12 heavy (non-hydrogen) atoms. The molecule has 1 heterocycles. The number of hydrogen-bond donors (Lipinski definition) is 1. The summed E-state index contributed by atoms with van der Waals surface area (Å²) in [6.45, 7) is 0.881. The van der Waals surface area contributed by atoms with Gasteiger partial charge in [-0.15, -0.1) is 0 Å². The van der Waals surface area contributed by atoms with Crippen molar-refractivity contribution < 1.29 is 4.74 Å². The maximum atomic E-state index is 5.57. The molecule has 3 fully saturated rings. The van der Waals surface area contributed by atoms with Crippen molar-refractivity contribution in [2.75, 3.05) is 6.61 Å².